The van der Waals surface area contributed by atoms with Crippen molar-refractivity contribution in [2.24, 2.45) is 0 Å². The Hall–Kier alpha value is -1.69. The number of hydrogen-bond acceptors (Lipinski definition) is 4. The van der Waals surface area contributed by atoms with Crippen LogP contribution in [-0.4, -0.2) is 33.8 Å². The maximum atomic E-state index is 11.5. The predicted octanol–water partition coefficient (Wildman–Crippen LogP) is 0.293. The number of hydrogen-bond donors (Lipinski definition) is 1. The lowest BCUT2D eigenvalue weighted by Gasteiger charge is -2.23. The molecule has 6 nitrogen and oxygen atoms in total. The first-order chi connectivity index (χ1) is 7.68. The predicted molar refractivity (Wildman–Crippen MR) is 54.5 cm³/mol. The highest BCUT2D eigenvalue weighted by Crippen LogP contribution is 2.18. The zero-order valence-corrected chi connectivity index (χ0v) is 8.63. The van der Waals surface area contributed by atoms with E-state index in [1.54, 1.807) is 0 Å². The van der Waals surface area contributed by atoms with Crippen LogP contribution < -0.4 is 5.69 Å². The number of nitrogens with zero attached hydrogens (tertiary/aromatic N) is 2. The topological polar surface area (TPSA) is 81.4 Å². The molecular formula is C10H12N2O4. The number of rotatable bonds is 2. The van der Waals surface area contributed by atoms with Crippen molar-refractivity contribution in [1.82, 2.24) is 9.55 Å². The lowest BCUT2D eigenvalue weighted by atomic mass is 10.1. The summed E-state index contributed by atoms with van der Waals surface area (Å²) >= 11 is 0. The lowest BCUT2D eigenvalue weighted by molar-refractivity contribution is 0.0666. The third kappa shape index (κ3) is 2.11. The minimum atomic E-state index is -1.08. The van der Waals surface area contributed by atoms with E-state index in [-0.39, 0.29) is 11.6 Å². The largest absolute Gasteiger partial charge is 0.478 e. The molecule has 0 aliphatic carbocycles. The number of aromatic nitrogens is 2. The van der Waals surface area contributed by atoms with Gasteiger partial charge >= 0.3 is 11.7 Å². The molecule has 0 unspecified atom stereocenters. The van der Waals surface area contributed by atoms with Gasteiger partial charge in [0.15, 0.2) is 0 Å². The van der Waals surface area contributed by atoms with Crippen molar-refractivity contribution in [3.63, 3.8) is 0 Å². The first-order valence-electron chi connectivity index (χ1n) is 5.07. The normalized spacial score (nSPS) is 17.2. The zero-order chi connectivity index (χ0) is 11.5. The molecule has 2 heterocycles. The Labute approximate surface area is 91.5 Å². The Balaban J connectivity index is 2.34. The van der Waals surface area contributed by atoms with Crippen molar-refractivity contribution in [3.05, 3.63) is 28.4 Å². The van der Waals surface area contributed by atoms with E-state index >= 15 is 0 Å². The van der Waals surface area contributed by atoms with Crippen LogP contribution in [0.5, 0.6) is 0 Å². The van der Waals surface area contributed by atoms with Gasteiger partial charge in [-0.3, -0.25) is 4.57 Å². The molecule has 0 aromatic carbocycles. The molecule has 1 aliphatic heterocycles. The van der Waals surface area contributed by atoms with Crippen molar-refractivity contribution < 1.29 is 14.6 Å². The third-order valence-electron chi connectivity index (χ3n) is 2.64. The van der Waals surface area contributed by atoms with Gasteiger partial charge in [-0.15, -0.1) is 0 Å². The average Bonchev–Trinajstić information content (AvgIpc) is 2.30. The van der Waals surface area contributed by atoms with E-state index in [0.29, 0.717) is 26.1 Å². The van der Waals surface area contributed by atoms with Crippen molar-refractivity contribution in [2.45, 2.75) is 18.9 Å². The molecule has 1 saturated heterocycles. The van der Waals surface area contributed by atoms with E-state index in [4.69, 9.17) is 9.84 Å². The number of carboxylic acid groups (broad SMARTS) is 1. The standard InChI is InChI=1S/C10H12N2O4/c13-9(14)7-5-11-10(15)12(6-7)8-1-3-16-4-2-8/h5-6,8H,1-4H2,(H,13,14). The average molecular weight is 224 g/mol. The summed E-state index contributed by atoms with van der Waals surface area (Å²) in [6.45, 7) is 1.18. The first-order valence-corrected chi connectivity index (χ1v) is 5.07. The highest BCUT2D eigenvalue weighted by molar-refractivity contribution is 5.86. The van der Waals surface area contributed by atoms with E-state index in [2.05, 4.69) is 4.98 Å². The monoisotopic (exact) mass is 224 g/mol. The van der Waals surface area contributed by atoms with E-state index in [9.17, 15) is 9.59 Å². The minimum absolute atomic E-state index is 0.00644. The highest BCUT2D eigenvalue weighted by Gasteiger charge is 2.18. The highest BCUT2D eigenvalue weighted by atomic mass is 16.5. The molecule has 6 heteroatoms. The molecule has 0 saturated carbocycles. The quantitative estimate of drug-likeness (QED) is 0.781. The molecule has 16 heavy (non-hydrogen) atoms. The molecule has 0 bridgehead atoms. The van der Waals surface area contributed by atoms with Crippen molar-refractivity contribution in [2.75, 3.05) is 13.2 Å². The van der Waals surface area contributed by atoms with Crippen LogP contribution in [-0.2, 0) is 4.74 Å². The Morgan fingerprint density at radius 2 is 2.19 bits per heavy atom. The summed E-state index contributed by atoms with van der Waals surface area (Å²) in [7, 11) is 0. The van der Waals surface area contributed by atoms with Gasteiger partial charge in [-0.1, -0.05) is 0 Å². The Morgan fingerprint density at radius 3 is 2.81 bits per heavy atom. The van der Waals surface area contributed by atoms with E-state index < -0.39 is 11.7 Å². The molecule has 0 spiro atoms. The molecule has 1 N–H and O–H groups in total. The molecule has 1 aromatic heterocycles. The van der Waals surface area contributed by atoms with Gasteiger partial charge in [-0.2, -0.15) is 0 Å². The molecular weight excluding hydrogens is 212 g/mol. The molecule has 1 aromatic rings. The van der Waals surface area contributed by atoms with Gasteiger partial charge < -0.3 is 9.84 Å². The molecule has 0 radical (unpaired) electrons. The van der Waals surface area contributed by atoms with Crippen LogP contribution in [0.25, 0.3) is 0 Å². The van der Waals surface area contributed by atoms with Gasteiger partial charge in [-0.25, -0.2) is 14.6 Å². The summed E-state index contributed by atoms with van der Waals surface area (Å²) < 4.78 is 6.58. The summed E-state index contributed by atoms with van der Waals surface area (Å²) in [6, 6.07) is -0.00644. The maximum Gasteiger partial charge on any atom is 0.347 e. The SMILES string of the molecule is O=C(O)c1cnc(=O)n(C2CCOCC2)c1. The maximum absolute atomic E-state index is 11.5. The van der Waals surface area contributed by atoms with Gasteiger partial charge in [0.05, 0.1) is 5.56 Å². The van der Waals surface area contributed by atoms with Crippen LogP contribution >= 0.6 is 0 Å². The number of aromatic carboxylic acids is 1. The minimum Gasteiger partial charge on any atom is -0.478 e. The number of carbonyl (C=O) groups is 1. The Kier molecular flexibility index (Phi) is 3.00. The van der Waals surface area contributed by atoms with Crippen LogP contribution in [0, 0.1) is 0 Å². The van der Waals surface area contributed by atoms with Crippen molar-refractivity contribution in [1.29, 1.82) is 0 Å². The van der Waals surface area contributed by atoms with Gasteiger partial charge in [0.2, 0.25) is 0 Å². The summed E-state index contributed by atoms with van der Waals surface area (Å²) in [5.41, 5.74) is -0.372. The first kappa shape index (κ1) is 10.8. The molecule has 1 fully saturated rings. The molecule has 2 rings (SSSR count). The molecule has 0 atom stereocenters. The number of ether oxygens (including phenoxy) is 1. The number of carboxylic acids is 1. The summed E-state index contributed by atoms with van der Waals surface area (Å²) in [5, 5.41) is 8.82. The second kappa shape index (κ2) is 4.44. The smallest absolute Gasteiger partial charge is 0.347 e. The fourth-order valence-electron chi connectivity index (χ4n) is 1.77. The molecule has 86 valence electrons. The van der Waals surface area contributed by atoms with Crippen LogP contribution in [0.15, 0.2) is 17.2 Å². The van der Waals surface area contributed by atoms with E-state index in [0.717, 1.165) is 6.20 Å². The van der Waals surface area contributed by atoms with Crippen molar-refractivity contribution in [3.8, 4) is 0 Å². The Morgan fingerprint density at radius 1 is 1.50 bits per heavy atom. The molecule has 1 aliphatic rings. The second-order valence-corrected chi connectivity index (χ2v) is 3.68. The van der Waals surface area contributed by atoms with Gasteiger partial charge in [0, 0.05) is 31.6 Å². The van der Waals surface area contributed by atoms with Crippen LogP contribution in [0.1, 0.15) is 29.2 Å². The van der Waals surface area contributed by atoms with Crippen molar-refractivity contribution >= 4 is 5.97 Å². The van der Waals surface area contributed by atoms with E-state index in [1.807, 2.05) is 0 Å². The summed E-state index contributed by atoms with van der Waals surface area (Å²) in [6.07, 6.45) is 3.86. The third-order valence-corrected chi connectivity index (χ3v) is 2.64. The Bertz CT molecular complexity index is 448. The lowest BCUT2D eigenvalue weighted by Crippen LogP contribution is -2.31. The summed E-state index contributed by atoms with van der Waals surface area (Å²) in [5.74, 6) is -1.08. The summed E-state index contributed by atoms with van der Waals surface area (Å²) in [4.78, 5) is 25.8. The van der Waals surface area contributed by atoms with Crippen LogP contribution in [0.4, 0.5) is 0 Å². The fraction of sp³-hybridized carbons (Fsp3) is 0.500. The van der Waals surface area contributed by atoms with Gasteiger partial charge in [0.1, 0.15) is 0 Å². The zero-order valence-electron chi connectivity index (χ0n) is 8.63. The second-order valence-electron chi connectivity index (χ2n) is 3.68. The van der Waals surface area contributed by atoms with Gasteiger partial charge in [0.25, 0.3) is 0 Å². The molecule has 0 amide bonds. The van der Waals surface area contributed by atoms with Crippen LogP contribution in [0.3, 0.4) is 0 Å². The van der Waals surface area contributed by atoms with Crippen LogP contribution in [0.2, 0.25) is 0 Å². The van der Waals surface area contributed by atoms with E-state index in [1.165, 1.54) is 10.8 Å². The van der Waals surface area contributed by atoms with Gasteiger partial charge in [-0.05, 0) is 12.8 Å². The fourth-order valence-corrected chi connectivity index (χ4v) is 1.77.